The summed E-state index contributed by atoms with van der Waals surface area (Å²) in [5.41, 5.74) is 2.66. The van der Waals surface area contributed by atoms with Gasteiger partial charge < -0.3 is 24.7 Å². The Kier molecular flexibility index (Phi) is 5.72. The first-order valence-corrected chi connectivity index (χ1v) is 9.99. The number of aromatic nitrogens is 2. The van der Waals surface area contributed by atoms with Gasteiger partial charge >= 0.3 is 0 Å². The first kappa shape index (κ1) is 20.0. The van der Waals surface area contributed by atoms with E-state index in [1.807, 2.05) is 49.4 Å². The highest BCUT2D eigenvalue weighted by molar-refractivity contribution is 6.02. The minimum Gasteiger partial charge on any atom is -0.497 e. The van der Waals surface area contributed by atoms with Crippen molar-refractivity contribution in [2.75, 3.05) is 13.7 Å². The van der Waals surface area contributed by atoms with Crippen molar-refractivity contribution in [2.45, 2.75) is 31.8 Å². The molecule has 0 fully saturated rings. The standard InChI is InChI=1S/C23H25N3O4/c1-3-9-29-21-10-14(17-12-19(27)22(24)23-18(17)13-25-26-23)7-8-20(21)30-16-6-4-5-15(11-16)28-2/h4-8,10-11,13,17,19,24,27H,3,9,12H2,1-2H3,(H,25,26). The SMILES string of the molecule is CCCOc1cc(C2CC(O)C(=N)c3[nH]ncc32)ccc1Oc1cccc(OC)c1. The molecule has 2 aromatic carbocycles. The first-order chi connectivity index (χ1) is 14.6. The molecule has 2 unspecified atom stereocenters. The number of fused-ring (bicyclic) bond motifs is 1. The molecule has 0 saturated carbocycles. The molecule has 0 saturated heterocycles. The molecule has 1 aromatic heterocycles. The number of nitrogens with one attached hydrogen (secondary N) is 2. The Bertz CT molecular complexity index is 1050. The van der Waals surface area contributed by atoms with Crippen molar-refractivity contribution < 1.29 is 19.3 Å². The number of benzene rings is 2. The Morgan fingerprint density at radius 1 is 1.17 bits per heavy atom. The molecule has 3 N–H and O–H groups in total. The van der Waals surface area contributed by atoms with Gasteiger partial charge in [-0.15, -0.1) is 0 Å². The van der Waals surface area contributed by atoms with E-state index in [0.717, 1.165) is 17.5 Å². The maximum absolute atomic E-state index is 10.3. The second kappa shape index (κ2) is 8.59. The lowest BCUT2D eigenvalue weighted by atomic mass is 9.80. The predicted octanol–water partition coefficient (Wildman–Crippen LogP) is 4.26. The molecule has 7 nitrogen and oxygen atoms in total. The number of ether oxygens (including phenoxy) is 3. The molecule has 1 heterocycles. The summed E-state index contributed by atoms with van der Waals surface area (Å²) in [4.78, 5) is 0. The molecule has 0 amide bonds. The third-order valence-corrected chi connectivity index (χ3v) is 5.21. The van der Waals surface area contributed by atoms with Gasteiger partial charge in [0.2, 0.25) is 0 Å². The van der Waals surface area contributed by atoms with Crippen molar-refractivity contribution in [1.82, 2.24) is 10.2 Å². The normalized spacial score (nSPS) is 18.0. The molecule has 2 atom stereocenters. The average Bonchev–Trinajstić information content (AvgIpc) is 3.26. The fourth-order valence-corrected chi connectivity index (χ4v) is 3.67. The van der Waals surface area contributed by atoms with Gasteiger partial charge in [-0.2, -0.15) is 5.10 Å². The highest BCUT2D eigenvalue weighted by Gasteiger charge is 2.33. The summed E-state index contributed by atoms with van der Waals surface area (Å²) in [6.45, 7) is 2.61. The highest BCUT2D eigenvalue weighted by atomic mass is 16.5. The van der Waals surface area contributed by atoms with Crippen LogP contribution in [0.1, 0.15) is 42.5 Å². The lowest BCUT2D eigenvalue weighted by Gasteiger charge is -2.27. The van der Waals surface area contributed by atoms with Crippen LogP contribution in [0, 0.1) is 5.41 Å². The molecule has 1 aliphatic carbocycles. The molecule has 30 heavy (non-hydrogen) atoms. The van der Waals surface area contributed by atoms with E-state index in [2.05, 4.69) is 10.2 Å². The summed E-state index contributed by atoms with van der Waals surface area (Å²) in [6, 6.07) is 13.2. The monoisotopic (exact) mass is 407 g/mol. The third kappa shape index (κ3) is 3.89. The Morgan fingerprint density at radius 2 is 2.00 bits per heavy atom. The van der Waals surface area contributed by atoms with Gasteiger partial charge in [0, 0.05) is 17.5 Å². The molecule has 4 rings (SSSR count). The Balaban J connectivity index is 1.68. The van der Waals surface area contributed by atoms with E-state index < -0.39 is 6.10 Å². The first-order valence-electron chi connectivity index (χ1n) is 9.99. The third-order valence-electron chi connectivity index (χ3n) is 5.21. The minimum atomic E-state index is -0.837. The Morgan fingerprint density at radius 3 is 2.80 bits per heavy atom. The van der Waals surface area contributed by atoms with Crippen LogP contribution in [0.4, 0.5) is 0 Å². The highest BCUT2D eigenvalue weighted by Crippen LogP contribution is 2.40. The van der Waals surface area contributed by atoms with E-state index in [-0.39, 0.29) is 11.6 Å². The molecule has 3 aromatic rings. The van der Waals surface area contributed by atoms with Gasteiger partial charge in [0.25, 0.3) is 0 Å². The molecule has 1 aliphatic rings. The fourth-order valence-electron chi connectivity index (χ4n) is 3.67. The maximum Gasteiger partial charge on any atom is 0.169 e. The van der Waals surface area contributed by atoms with Gasteiger partial charge in [-0.05, 0) is 42.7 Å². The van der Waals surface area contributed by atoms with Gasteiger partial charge in [0.15, 0.2) is 11.5 Å². The van der Waals surface area contributed by atoms with Crippen molar-refractivity contribution in [3.8, 4) is 23.0 Å². The summed E-state index contributed by atoms with van der Waals surface area (Å²) in [7, 11) is 1.62. The van der Waals surface area contributed by atoms with Crippen molar-refractivity contribution in [1.29, 1.82) is 5.41 Å². The van der Waals surface area contributed by atoms with Crippen molar-refractivity contribution in [3.05, 3.63) is 65.5 Å². The van der Waals surface area contributed by atoms with Gasteiger partial charge in [-0.3, -0.25) is 5.10 Å². The smallest absolute Gasteiger partial charge is 0.169 e. The van der Waals surface area contributed by atoms with E-state index >= 15 is 0 Å². The van der Waals surface area contributed by atoms with Crippen molar-refractivity contribution in [2.24, 2.45) is 0 Å². The van der Waals surface area contributed by atoms with Crippen LogP contribution in [0.3, 0.4) is 0 Å². The number of hydrogen-bond donors (Lipinski definition) is 3. The lowest BCUT2D eigenvalue weighted by Crippen LogP contribution is -2.30. The predicted molar refractivity (Wildman–Crippen MR) is 113 cm³/mol. The van der Waals surface area contributed by atoms with Crippen LogP contribution in [-0.2, 0) is 0 Å². The van der Waals surface area contributed by atoms with Crippen LogP contribution in [-0.4, -0.2) is 40.8 Å². The number of hydrogen-bond acceptors (Lipinski definition) is 6. The number of aromatic amines is 1. The van der Waals surface area contributed by atoms with E-state index in [9.17, 15) is 5.11 Å². The number of H-pyrrole nitrogens is 1. The van der Waals surface area contributed by atoms with Gasteiger partial charge in [0.1, 0.15) is 11.5 Å². The largest absolute Gasteiger partial charge is 0.497 e. The van der Waals surface area contributed by atoms with E-state index in [0.29, 0.717) is 41.7 Å². The minimum absolute atomic E-state index is 0.0855. The number of aliphatic hydroxyl groups is 1. The second-order valence-electron chi connectivity index (χ2n) is 7.25. The summed E-state index contributed by atoms with van der Waals surface area (Å²) < 4.78 is 17.3. The summed E-state index contributed by atoms with van der Waals surface area (Å²) in [6.07, 6.45) is 2.19. The molecule has 0 radical (unpaired) electrons. The average molecular weight is 407 g/mol. The number of nitrogens with zero attached hydrogens (tertiary/aromatic N) is 1. The topological polar surface area (TPSA) is 100 Å². The summed E-state index contributed by atoms with van der Waals surface area (Å²) >= 11 is 0. The van der Waals surface area contributed by atoms with Crippen LogP contribution in [0.25, 0.3) is 0 Å². The molecular weight excluding hydrogens is 382 g/mol. The lowest BCUT2D eigenvalue weighted by molar-refractivity contribution is 0.220. The van der Waals surface area contributed by atoms with Gasteiger partial charge in [-0.25, -0.2) is 0 Å². The quantitative estimate of drug-likeness (QED) is 0.543. The van der Waals surface area contributed by atoms with Crippen LogP contribution < -0.4 is 14.2 Å². The molecule has 0 aliphatic heterocycles. The molecule has 7 heteroatoms. The van der Waals surface area contributed by atoms with E-state index in [4.69, 9.17) is 19.6 Å². The van der Waals surface area contributed by atoms with Crippen molar-refractivity contribution >= 4 is 5.71 Å². The van der Waals surface area contributed by atoms with Gasteiger partial charge in [0.05, 0.1) is 37.4 Å². The summed E-state index contributed by atoms with van der Waals surface area (Å²) in [5, 5.41) is 25.4. The molecule has 0 bridgehead atoms. The van der Waals surface area contributed by atoms with Crippen LogP contribution in [0.5, 0.6) is 23.0 Å². The van der Waals surface area contributed by atoms with E-state index in [1.165, 1.54) is 0 Å². The zero-order valence-corrected chi connectivity index (χ0v) is 17.0. The van der Waals surface area contributed by atoms with Crippen molar-refractivity contribution in [3.63, 3.8) is 0 Å². The van der Waals surface area contributed by atoms with E-state index in [1.54, 1.807) is 13.3 Å². The van der Waals surface area contributed by atoms with Crippen LogP contribution in [0.2, 0.25) is 0 Å². The fraction of sp³-hybridized carbons (Fsp3) is 0.304. The Hall–Kier alpha value is -3.32. The van der Waals surface area contributed by atoms with Gasteiger partial charge in [-0.1, -0.05) is 19.1 Å². The summed E-state index contributed by atoms with van der Waals surface area (Å²) in [5.74, 6) is 2.53. The maximum atomic E-state index is 10.3. The number of methoxy groups -OCH3 is 1. The zero-order chi connectivity index (χ0) is 21.1. The molecule has 0 spiro atoms. The zero-order valence-electron chi connectivity index (χ0n) is 17.0. The molecule has 156 valence electrons. The number of aliphatic hydroxyl groups excluding tert-OH is 1. The second-order valence-corrected chi connectivity index (χ2v) is 7.25. The van der Waals surface area contributed by atoms with Crippen LogP contribution in [0.15, 0.2) is 48.7 Å². The van der Waals surface area contributed by atoms with Crippen LogP contribution >= 0.6 is 0 Å². The molecular formula is C23H25N3O4. The number of rotatable bonds is 7. The Labute approximate surface area is 175 Å².